The molecule has 1 heterocycles. The molecule has 0 unspecified atom stereocenters. The van der Waals surface area contributed by atoms with Crippen LogP contribution in [0.15, 0.2) is 11.4 Å². The first kappa shape index (κ1) is 5.38. The summed E-state index contributed by atoms with van der Waals surface area (Å²) in [5.74, 6) is 0.262. The molecule has 1 N–H and O–H groups in total. The Balaban J connectivity index is 3.09. The number of thiophene rings is 1. The topological polar surface area (TPSA) is 20.2 Å². The van der Waals surface area contributed by atoms with E-state index in [1.807, 2.05) is 0 Å². The maximum Gasteiger partial charge on any atom is 0.133 e. The number of aromatic hydroxyl groups is 1. The first-order valence-electron chi connectivity index (χ1n) is 2.16. The minimum atomic E-state index is 0.262. The second kappa shape index (κ2) is 2.01. The van der Waals surface area contributed by atoms with Crippen LogP contribution in [0.2, 0.25) is 0 Å². The van der Waals surface area contributed by atoms with Gasteiger partial charge in [0.05, 0.1) is 4.88 Å². The van der Waals surface area contributed by atoms with Gasteiger partial charge in [0, 0.05) is 0 Å². The van der Waals surface area contributed by atoms with Crippen molar-refractivity contribution in [1.82, 2.24) is 0 Å². The fraction of sp³-hybridized carbons (Fsp3) is 0. The lowest BCUT2D eigenvalue weighted by molar-refractivity contribution is 0.477. The Kier molecular flexibility index (Phi) is 1.35. The van der Waals surface area contributed by atoms with Gasteiger partial charge in [0.2, 0.25) is 0 Å². The summed E-state index contributed by atoms with van der Waals surface area (Å²) in [6.07, 6.45) is 1.39. The molecular weight excluding hydrogens is 120 g/mol. The Morgan fingerprint density at radius 2 is 2.50 bits per heavy atom. The minimum absolute atomic E-state index is 0.262. The zero-order chi connectivity index (χ0) is 5.98. The lowest BCUT2D eigenvalue weighted by Crippen LogP contribution is -1.55. The summed E-state index contributed by atoms with van der Waals surface area (Å²) in [6.45, 7) is 5.12. The first-order valence-corrected chi connectivity index (χ1v) is 3.04. The zero-order valence-electron chi connectivity index (χ0n) is 4.16. The van der Waals surface area contributed by atoms with E-state index in [9.17, 15) is 0 Å². The molecule has 1 aromatic heterocycles. The fourth-order valence-electron chi connectivity index (χ4n) is 0.439. The van der Waals surface area contributed by atoms with Crippen LogP contribution in [0.3, 0.4) is 0 Å². The van der Waals surface area contributed by atoms with Crippen molar-refractivity contribution < 1.29 is 5.11 Å². The molecule has 0 bridgehead atoms. The monoisotopic (exact) mass is 125 g/mol. The van der Waals surface area contributed by atoms with Crippen LogP contribution in [0.4, 0.5) is 0 Å². The van der Waals surface area contributed by atoms with Gasteiger partial charge in [0.1, 0.15) is 5.75 Å². The highest BCUT2D eigenvalue weighted by atomic mass is 32.1. The van der Waals surface area contributed by atoms with Crippen molar-refractivity contribution >= 4 is 17.4 Å². The Morgan fingerprint density at radius 1 is 1.75 bits per heavy atom. The van der Waals surface area contributed by atoms with E-state index in [0.717, 1.165) is 4.88 Å². The van der Waals surface area contributed by atoms with Crippen molar-refractivity contribution in [3.8, 4) is 5.75 Å². The minimum Gasteiger partial charge on any atom is -0.506 e. The summed E-state index contributed by atoms with van der Waals surface area (Å²) in [7, 11) is 0. The average Bonchev–Trinajstić information content (AvgIpc) is 2.14. The van der Waals surface area contributed by atoms with Crippen molar-refractivity contribution in [2.75, 3.05) is 0 Å². The molecule has 0 spiro atoms. The van der Waals surface area contributed by atoms with Gasteiger partial charge >= 0.3 is 0 Å². The smallest absolute Gasteiger partial charge is 0.133 e. The predicted molar refractivity (Wildman–Crippen MR) is 34.7 cm³/mol. The Hall–Kier alpha value is -0.760. The summed E-state index contributed by atoms with van der Waals surface area (Å²) in [5, 5.41) is 10.6. The number of hydrogen-bond donors (Lipinski definition) is 1. The molecule has 1 nitrogen and oxygen atoms in total. The van der Waals surface area contributed by atoms with Gasteiger partial charge in [0.15, 0.2) is 0 Å². The predicted octanol–water partition coefficient (Wildman–Crippen LogP) is 1.90. The van der Waals surface area contributed by atoms with Crippen LogP contribution in [-0.2, 0) is 0 Å². The summed E-state index contributed by atoms with van der Waals surface area (Å²) < 4.78 is 0. The third kappa shape index (κ3) is 0.746. The van der Waals surface area contributed by atoms with Crippen LogP contribution in [-0.4, -0.2) is 5.11 Å². The molecule has 41 valence electrons. The molecule has 1 radical (unpaired) electrons. The summed E-state index contributed by atoms with van der Waals surface area (Å²) in [6, 6.07) is 1.61. The van der Waals surface area contributed by atoms with Crippen molar-refractivity contribution in [3.63, 3.8) is 0 Å². The maximum absolute atomic E-state index is 8.85. The SMILES string of the molecule is [CH]=Cc1sccc1O. The van der Waals surface area contributed by atoms with E-state index < -0.39 is 0 Å². The third-order valence-corrected chi connectivity index (χ3v) is 1.70. The van der Waals surface area contributed by atoms with E-state index in [-0.39, 0.29) is 5.75 Å². The quantitative estimate of drug-likeness (QED) is 0.607. The summed E-state index contributed by atoms with van der Waals surface area (Å²) in [4.78, 5) is 0.727. The molecule has 0 fully saturated rings. The van der Waals surface area contributed by atoms with Gasteiger partial charge in [-0.2, -0.15) is 0 Å². The lowest BCUT2D eigenvalue weighted by atomic mass is 10.4. The van der Waals surface area contributed by atoms with Crippen molar-refractivity contribution in [1.29, 1.82) is 0 Å². The van der Waals surface area contributed by atoms with Crippen molar-refractivity contribution in [2.24, 2.45) is 0 Å². The van der Waals surface area contributed by atoms with Crippen LogP contribution in [0.5, 0.6) is 5.75 Å². The van der Waals surface area contributed by atoms with Crippen molar-refractivity contribution in [3.05, 3.63) is 22.9 Å². The second-order valence-corrected chi connectivity index (χ2v) is 2.28. The molecule has 0 aliphatic rings. The molecule has 0 saturated carbocycles. The molecule has 0 amide bonds. The van der Waals surface area contributed by atoms with E-state index in [1.54, 1.807) is 11.4 Å². The molecule has 0 atom stereocenters. The van der Waals surface area contributed by atoms with Crippen LogP contribution < -0.4 is 0 Å². The van der Waals surface area contributed by atoms with Crippen LogP contribution in [0.1, 0.15) is 4.88 Å². The van der Waals surface area contributed by atoms with E-state index >= 15 is 0 Å². The standard InChI is InChI=1S/C6H5OS/c1-2-6-5(7)3-4-8-6/h1-4,7H. The fourth-order valence-corrected chi connectivity index (χ4v) is 1.05. The molecule has 0 aliphatic heterocycles. The first-order chi connectivity index (χ1) is 3.84. The van der Waals surface area contributed by atoms with Gasteiger partial charge in [0.25, 0.3) is 0 Å². The maximum atomic E-state index is 8.85. The Labute approximate surface area is 51.9 Å². The summed E-state index contributed by atoms with van der Waals surface area (Å²) >= 11 is 1.42. The van der Waals surface area contributed by atoms with Gasteiger partial charge in [-0.1, -0.05) is 6.58 Å². The Bertz CT molecular complexity index is 190. The molecule has 8 heavy (non-hydrogen) atoms. The van der Waals surface area contributed by atoms with Gasteiger partial charge < -0.3 is 5.11 Å². The van der Waals surface area contributed by atoms with Crippen LogP contribution >= 0.6 is 11.3 Å². The molecular formula is C6H5OS. The van der Waals surface area contributed by atoms with Gasteiger partial charge in [-0.05, 0) is 17.5 Å². The van der Waals surface area contributed by atoms with Crippen LogP contribution in [0, 0.1) is 6.58 Å². The normalized spacial score (nSPS) is 9.00. The lowest BCUT2D eigenvalue weighted by Gasteiger charge is -1.82. The second-order valence-electron chi connectivity index (χ2n) is 1.34. The van der Waals surface area contributed by atoms with Crippen molar-refractivity contribution in [2.45, 2.75) is 0 Å². The highest BCUT2D eigenvalue weighted by molar-refractivity contribution is 7.11. The highest BCUT2D eigenvalue weighted by Gasteiger charge is 1.93. The van der Waals surface area contributed by atoms with Crippen LogP contribution in [0.25, 0.3) is 6.08 Å². The van der Waals surface area contributed by atoms with Gasteiger partial charge in [-0.15, -0.1) is 11.3 Å². The number of rotatable bonds is 1. The third-order valence-electron chi connectivity index (χ3n) is 0.825. The molecule has 1 aromatic rings. The highest BCUT2D eigenvalue weighted by Crippen LogP contribution is 2.23. The van der Waals surface area contributed by atoms with Gasteiger partial charge in [-0.25, -0.2) is 0 Å². The summed E-state index contributed by atoms with van der Waals surface area (Å²) in [5.41, 5.74) is 0. The Morgan fingerprint density at radius 3 is 2.75 bits per heavy atom. The molecule has 0 aromatic carbocycles. The molecule has 0 saturated heterocycles. The molecule has 0 aliphatic carbocycles. The zero-order valence-corrected chi connectivity index (χ0v) is 4.98. The molecule has 2 heteroatoms. The number of hydrogen-bond acceptors (Lipinski definition) is 2. The van der Waals surface area contributed by atoms with E-state index in [1.165, 1.54) is 17.4 Å². The average molecular weight is 125 g/mol. The van der Waals surface area contributed by atoms with E-state index in [0.29, 0.717) is 0 Å². The molecule has 1 rings (SSSR count). The largest absolute Gasteiger partial charge is 0.506 e. The van der Waals surface area contributed by atoms with E-state index in [4.69, 9.17) is 11.7 Å². The van der Waals surface area contributed by atoms with Gasteiger partial charge in [-0.3, -0.25) is 0 Å². The van der Waals surface area contributed by atoms with E-state index in [2.05, 4.69) is 0 Å².